The van der Waals surface area contributed by atoms with Crippen LogP contribution in [-0.4, -0.2) is 60.1 Å². The molecule has 9 nitrogen and oxygen atoms in total. The van der Waals surface area contributed by atoms with E-state index in [0.717, 1.165) is 0 Å². The van der Waals surface area contributed by atoms with Crippen molar-refractivity contribution in [2.45, 2.75) is 50.8 Å². The van der Waals surface area contributed by atoms with Crippen molar-refractivity contribution in [3.05, 3.63) is 12.7 Å². The van der Waals surface area contributed by atoms with Crippen molar-refractivity contribution in [2.24, 2.45) is 0 Å². The van der Waals surface area contributed by atoms with Crippen molar-refractivity contribution in [3.8, 4) is 0 Å². The zero-order valence-electron chi connectivity index (χ0n) is 13.3. The number of imidazole rings is 1. The highest BCUT2D eigenvalue weighted by atomic mass is 16.5. The van der Waals surface area contributed by atoms with Crippen LogP contribution in [0.25, 0.3) is 11.2 Å². The minimum Gasteiger partial charge on any atom is -0.394 e. The van der Waals surface area contributed by atoms with Crippen LogP contribution < -0.4 is 11.1 Å². The Balaban J connectivity index is 1.95. The predicted molar refractivity (Wildman–Crippen MR) is 83.4 cm³/mol. The molecule has 0 aromatic carbocycles. The Hall–Kier alpha value is -1.81. The van der Waals surface area contributed by atoms with E-state index < -0.39 is 24.5 Å². The molecule has 4 atom stereocenters. The van der Waals surface area contributed by atoms with E-state index in [0.29, 0.717) is 11.2 Å². The van der Waals surface area contributed by atoms with Crippen LogP contribution in [0.2, 0.25) is 0 Å². The first-order valence-electron chi connectivity index (χ1n) is 7.47. The van der Waals surface area contributed by atoms with E-state index in [1.165, 1.54) is 12.7 Å². The molecule has 1 saturated heterocycles. The van der Waals surface area contributed by atoms with Gasteiger partial charge in [-0.1, -0.05) is 0 Å². The molecule has 2 aromatic rings. The largest absolute Gasteiger partial charge is 0.394 e. The van der Waals surface area contributed by atoms with Crippen molar-refractivity contribution in [2.75, 3.05) is 12.3 Å². The standard InChI is InChI=1S/C14H22N6O3/c1-14(2,3)19-8-7(4-21)23-13(10(8)22)20-6-18-9-11(15)16-5-17-12(9)20/h5-8,10,13,19,21-22H,4H2,1-3H3,(H2,15,16,17)/t7-,8-,10+,13-/m1/s1. The van der Waals surface area contributed by atoms with Gasteiger partial charge in [0.05, 0.1) is 19.0 Å². The molecule has 5 N–H and O–H groups in total. The highest BCUT2D eigenvalue weighted by molar-refractivity contribution is 5.81. The average molecular weight is 322 g/mol. The molecule has 0 unspecified atom stereocenters. The molecule has 0 spiro atoms. The highest BCUT2D eigenvalue weighted by Crippen LogP contribution is 2.32. The average Bonchev–Trinajstić information content (AvgIpc) is 3.01. The summed E-state index contributed by atoms with van der Waals surface area (Å²) in [4.78, 5) is 12.2. The molecule has 0 amide bonds. The predicted octanol–water partition coefficient (Wildman–Crippen LogP) is -0.584. The first kappa shape index (κ1) is 16.1. The lowest BCUT2D eigenvalue weighted by Gasteiger charge is -2.29. The number of nitrogens with zero attached hydrogens (tertiary/aromatic N) is 4. The maximum absolute atomic E-state index is 10.7. The van der Waals surface area contributed by atoms with E-state index in [1.807, 2.05) is 20.8 Å². The third kappa shape index (κ3) is 2.88. The fraction of sp³-hybridized carbons (Fsp3) is 0.643. The minimum atomic E-state index is -0.875. The number of aliphatic hydroxyl groups excluding tert-OH is 2. The lowest BCUT2D eigenvalue weighted by atomic mass is 10.0. The Bertz CT molecular complexity index is 697. The Labute approximate surface area is 133 Å². The molecule has 2 aromatic heterocycles. The van der Waals surface area contributed by atoms with Gasteiger partial charge in [-0.05, 0) is 20.8 Å². The topological polar surface area (TPSA) is 131 Å². The van der Waals surface area contributed by atoms with Gasteiger partial charge in [-0.3, -0.25) is 4.57 Å². The second-order valence-corrected chi connectivity index (χ2v) is 6.74. The third-order valence-corrected chi connectivity index (χ3v) is 3.82. The van der Waals surface area contributed by atoms with Crippen LogP contribution in [0.3, 0.4) is 0 Å². The monoisotopic (exact) mass is 322 g/mol. The molecule has 1 aliphatic heterocycles. The van der Waals surface area contributed by atoms with Crippen molar-refractivity contribution in [3.63, 3.8) is 0 Å². The van der Waals surface area contributed by atoms with Crippen LogP contribution in [0.4, 0.5) is 5.82 Å². The Kier molecular flexibility index (Phi) is 3.96. The number of ether oxygens (including phenoxy) is 1. The SMILES string of the molecule is CC(C)(C)N[C@H]1[C@H](O)[C@H](n2cnc3c(N)ncnc32)O[C@@H]1CO. The molecular formula is C14H22N6O3. The van der Waals surface area contributed by atoms with E-state index in [1.54, 1.807) is 4.57 Å². The van der Waals surface area contributed by atoms with Gasteiger partial charge in [0.2, 0.25) is 0 Å². The number of nitrogens with two attached hydrogens (primary N) is 1. The molecule has 1 aliphatic rings. The zero-order chi connectivity index (χ0) is 16.8. The molecular weight excluding hydrogens is 300 g/mol. The van der Waals surface area contributed by atoms with Crippen molar-refractivity contribution < 1.29 is 14.9 Å². The summed E-state index contributed by atoms with van der Waals surface area (Å²) in [5.74, 6) is 0.268. The van der Waals surface area contributed by atoms with Gasteiger partial charge >= 0.3 is 0 Å². The summed E-state index contributed by atoms with van der Waals surface area (Å²) in [6.45, 7) is 5.76. The van der Waals surface area contributed by atoms with Crippen molar-refractivity contribution in [1.82, 2.24) is 24.8 Å². The van der Waals surface area contributed by atoms with E-state index in [-0.39, 0.29) is 18.0 Å². The van der Waals surface area contributed by atoms with Gasteiger partial charge in [-0.25, -0.2) is 15.0 Å². The molecule has 0 aliphatic carbocycles. The molecule has 3 rings (SSSR count). The van der Waals surface area contributed by atoms with Gasteiger partial charge in [0, 0.05) is 5.54 Å². The van der Waals surface area contributed by atoms with Crippen LogP contribution >= 0.6 is 0 Å². The van der Waals surface area contributed by atoms with Gasteiger partial charge in [0.15, 0.2) is 17.7 Å². The van der Waals surface area contributed by atoms with E-state index in [9.17, 15) is 10.2 Å². The van der Waals surface area contributed by atoms with E-state index >= 15 is 0 Å². The number of fused-ring (bicyclic) bond motifs is 1. The number of nitrogens with one attached hydrogen (secondary N) is 1. The summed E-state index contributed by atoms with van der Waals surface area (Å²) in [6.07, 6.45) is 0.723. The summed E-state index contributed by atoms with van der Waals surface area (Å²) in [5, 5.41) is 23.6. The molecule has 126 valence electrons. The molecule has 9 heteroatoms. The summed E-state index contributed by atoms with van der Waals surface area (Å²) in [5.41, 5.74) is 6.48. The zero-order valence-corrected chi connectivity index (χ0v) is 13.3. The van der Waals surface area contributed by atoms with Gasteiger partial charge in [0.25, 0.3) is 0 Å². The van der Waals surface area contributed by atoms with Gasteiger partial charge < -0.3 is 26.0 Å². The summed E-state index contributed by atoms with van der Waals surface area (Å²) < 4.78 is 7.45. The number of aromatic nitrogens is 4. The van der Waals surface area contributed by atoms with E-state index in [4.69, 9.17) is 10.5 Å². The Morgan fingerprint density at radius 1 is 1.35 bits per heavy atom. The smallest absolute Gasteiger partial charge is 0.167 e. The maximum atomic E-state index is 10.7. The van der Waals surface area contributed by atoms with Gasteiger partial charge in [-0.2, -0.15) is 0 Å². The maximum Gasteiger partial charge on any atom is 0.167 e. The normalized spacial score (nSPS) is 28.6. The number of hydrogen-bond acceptors (Lipinski definition) is 8. The molecule has 0 radical (unpaired) electrons. The number of nitrogen functional groups attached to an aromatic ring is 1. The molecule has 0 saturated carbocycles. The first-order valence-corrected chi connectivity index (χ1v) is 7.47. The second kappa shape index (κ2) is 5.68. The fourth-order valence-corrected chi connectivity index (χ4v) is 2.86. The lowest BCUT2D eigenvalue weighted by molar-refractivity contribution is -0.0490. The van der Waals surface area contributed by atoms with Gasteiger partial charge in [-0.15, -0.1) is 0 Å². The van der Waals surface area contributed by atoms with Crippen LogP contribution in [0.1, 0.15) is 27.0 Å². The Morgan fingerprint density at radius 3 is 2.74 bits per heavy atom. The van der Waals surface area contributed by atoms with Crippen molar-refractivity contribution in [1.29, 1.82) is 0 Å². The number of hydrogen-bond donors (Lipinski definition) is 4. The first-order chi connectivity index (χ1) is 10.8. The highest BCUT2D eigenvalue weighted by Gasteiger charge is 2.46. The summed E-state index contributed by atoms with van der Waals surface area (Å²) in [7, 11) is 0. The molecule has 3 heterocycles. The number of anilines is 1. The van der Waals surface area contributed by atoms with Crippen molar-refractivity contribution >= 4 is 17.0 Å². The van der Waals surface area contributed by atoms with Crippen LogP contribution in [-0.2, 0) is 4.74 Å². The van der Waals surface area contributed by atoms with E-state index in [2.05, 4.69) is 20.3 Å². The van der Waals surface area contributed by atoms with Crippen LogP contribution in [0.15, 0.2) is 12.7 Å². The summed E-state index contributed by atoms with van der Waals surface area (Å²) in [6, 6.07) is -0.415. The fourth-order valence-electron chi connectivity index (χ4n) is 2.86. The van der Waals surface area contributed by atoms with Crippen LogP contribution in [0, 0.1) is 0 Å². The second-order valence-electron chi connectivity index (χ2n) is 6.74. The third-order valence-electron chi connectivity index (χ3n) is 3.82. The molecule has 1 fully saturated rings. The Morgan fingerprint density at radius 2 is 2.09 bits per heavy atom. The van der Waals surface area contributed by atoms with Crippen LogP contribution in [0.5, 0.6) is 0 Å². The number of rotatable bonds is 3. The number of aliphatic hydroxyl groups is 2. The minimum absolute atomic E-state index is 0.203. The quantitative estimate of drug-likeness (QED) is 0.590. The molecule has 23 heavy (non-hydrogen) atoms. The molecule has 0 bridgehead atoms. The summed E-state index contributed by atoms with van der Waals surface area (Å²) >= 11 is 0. The lowest BCUT2D eigenvalue weighted by Crippen LogP contribution is -2.53. The van der Waals surface area contributed by atoms with Gasteiger partial charge in [0.1, 0.15) is 24.1 Å².